The molecule has 112 valence electrons. The molecule has 1 fully saturated rings. The standard InChI is InChI=1S/C14H16ClN3OS2/c1-9-4-5-10(7-12(9)15)16-13-17-18-14(21-13)20-8-11-3-2-6-19-11/h4-5,7,11H,2-3,6,8H2,1H3,(H,16,17). The van der Waals surface area contributed by atoms with Gasteiger partial charge in [0.15, 0.2) is 4.34 Å². The van der Waals surface area contributed by atoms with Crippen LogP contribution in [0.25, 0.3) is 0 Å². The third-order valence-electron chi connectivity index (χ3n) is 3.25. The second kappa shape index (κ2) is 6.96. The van der Waals surface area contributed by atoms with Crippen LogP contribution < -0.4 is 5.32 Å². The molecule has 1 aliphatic heterocycles. The number of aromatic nitrogens is 2. The molecule has 7 heteroatoms. The van der Waals surface area contributed by atoms with Gasteiger partial charge >= 0.3 is 0 Å². The molecule has 21 heavy (non-hydrogen) atoms. The van der Waals surface area contributed by atoms with E-state index in [-0.39, 0.29) is 0 Å². The Morgan fingerprint density at radius 3 is 3.14 bits per heavy atom. The second-order valence-corrected chi connectivity index (χ2v) is 7.56. The van der Waals surface area contributed by atoms with Crippen molar-refractivity contribution < 1.29 is 4.74 Å². The number of aryl methyl sites for hydroxylation is 1. The van der Waals surface area contributed by atoms with Gasteiger partial charge < -0.3 is 10.1 Å². The summed E-state index contributed by atoms with van der Waals surface area (Å²) < 4.78 is 6.57. The van der Waals surface area contributed by atoms with Crippen LogP contribution in [-0.2, 0) is 4.74 Å². The first kappa shape index (κ1) is 15.1. The topological polar surface area (TPSA) is 47.0 Å². The number of nitrogens with zero attached hydrogens (tertiary/aromatic N) is 2. The number of thioether (sulfide) groups is 1. The van der Waals surface area contributed by atoms with Crippen LogP contribution in [0, 0.1) is 6.92 Å². The highest BCUT2D eigenvalue weighted by Gasteiger charge is 2.16. The Bertz CT molecular complexity index is 614. The molecular formula is C14H16ClN3OS2. The highest BCUT2D eigenvalue weighted by Crippen LogP contribution is 2.30. The summed E-state index contributed by atoms with van der Waals surface area (Å²) in [5, 5.41) is 13.1. The highest BCUT2D eigenvalue weighted by atomic mass is 35.5. The molecule has 2 aromatic rings. The lowest BCUT2D eigenvalue weighted by atomic mass is 10.2. The minimum Gasteiger partial charge on any atom is -0.377 e. The molecule has 1 saturated heterocycles. The van der Waals surface area contributed by atoms with Crippen LogP contribution in [0.1, 0.15) is 18.4 Å². The molecule has 0 amide bonds. The zero-order valence-electron chi connectivity index (χ0n) is 11.6. The summed E-state index contributed by atoms with van der Waals surface area (Å²) in [7, 11) is 0. The van der Waals surface area contributed by atoms with E-state index in [4.69, 9.17) is 16.3 Å². The molecule has 0 aliphatic carbocycles. The van der Waals surface area contributed by atoms with Crippen LogP contribution in [-0.4, -0.2) is 28.7 Å². The lowest BCUT2D eigenvalue weighted by Crippen LogP contribution is -2.07. The van der Waals surface area contributed by atoms with Crippen LogP contribution in [0.3, 0.4) is 0 Å². The van der Waals surface area contributed by atoms with Gasteiger partial charge in [0.1, 0.15) is 0 Å². The lowest BCUT2D eigenvalue weighted by Gasteiger charge is -2.05. The molecule has 1 aromatic heterocycles. The Morgan fingerprint density at radius 1 is 1.48 bits per heavy atom. The number of ether oxygens (including phenoxy) is 1. The van der Waals surface area contributed by atoms with Crippen LogP contribution in [0.4, 0.5) is 10.8 Å². The van der Waals surface area contributed by atoms with Crippen molar-refractivity contribution in [3.8, 4) is 0 Å². The van der Waals surface area contributed by atoms with Gasteiger partial charge in [0.05, 0.1) is 6.10 Å². The smallest absolute Gasteiger partial charge is 0.210 e. The number of rotatable bonds is 5. The van der Waals surface area contributed by atoms with Gasteiger partial charge in [-0.2, -0.15) is 0 Å². The summed E-state index contributed by atoms with van der Waals surface area (Å²) >= 11 is 9.38. The van der Waals surface area contributed by atoms with E-state index in [0.717, 1.165) is 44.5 Å². The molecule has 2 heterocycles. The van der Waals surface area contributed by atoms with Crippen molar-refractivity contribution in [3.05, 3.63) is 28.8 Å². The monoisotopic (exact) mass is 341 g/mol. The average molecular weight is 342 g/mol. The Hall–Kier alpha value is -0.820. The van der Waals surface area contributed by atoms with Gasteiger partial charge in [0.25, 0.3) is 0 Å². The van der Waals surface area contributed by atoms with Crippen molar-refractivity contribution in [2.24, 2.45) is 0 Å². The molecule has 1 unspecified atom stereocenters. The largest absolute Gasteiger partial charge is 0.377 e. The molecule has 3 rings (SSSR count). The number of benzene rings is 1. The second-order valence-electron chi connectivity index (χ2n) is 4.91. The number of anilines is 2. The normalized spacial score (nSPS) is 18.1. The maximum absolute atomic E-state index is 6.12. The van der Waals surface area contributed by atoms with Crippen LogP contribution >= 0.6 is 34.7 Å². The van der Waals surface area contributed by atoms with E-state index in [9.17, 15) is 0 Å². The van der Waals surface area contributed by atoms with Crippen LogP contribution in [0.5, 0.6) is 0 Å². The Morgan fingerprint density at radius 2 is 2.38 bits per heavy atom. The van der Waals surface area contributed by atoms with Crippen molar-refractivity contribution in [1.29, 1.82) is 0 Å². The summed E-state index contributed by atoms with van der Waals surface area (Å²) in [6.07, 6.45) is 2.69. The molecular weight excluding hydrogens is 326 g/mol. The van der Waals surface area contributed by atoms with Gasteiger partial charge in [-0.3, -0.25) is 0 Å². The average Bonchev–Trinajstić information content (AvgIpc) is 3.12. The predicted octanol–water partition coefficient (Wildman–Crippen LogP) is 4.51. The van der Waals surface area contributed by atoms with Gasteiger partial charge in [-0.1, -0.05) is 40.8 Å². The van der Waals surface area contributed by atoms with E-state index in [1.807, 2.05) is 25.1 Å². The first-order valence-electron chi connectivity index (χ1n) is 6.82. The summed E-state index contributed by atoms with van der Waals surface area (Å²) in [4.78, 5) is 0. The third-order valence-corrected chi connectivity index (χ3v) is 5.76. The van der Waals surface area contributed by atoms with Gasteiger partial charge in [0.2, 0.25) is 5.13 Å². The third kappa shape index (κ3) is 4.10. The first-order valence-corrected chi connectivity index (χ1v) is 9.00. The SMILES string of the molecule is Cc1ccc(Nc2nnc(SCC3CCCO3)s2)cc1Cl. The maximum Gasteiger partial charge on any atom is 0.210 e. The van der Waals surface area contributed by atoms with Crippen LogP contribution in [0.2, 0.25) is 5.02 Å². The van der Waals surface area contributed by atoms with Crippen LogP contribution in [0.15, 0.2) is 22.5 Å². The van der Waals surface area contributed by atoms with Crippen molar-refractivity contribution in [3.63, 3.8) is 0 Å². The highest BCUT2D eigenvalue weighted by molar-refractivity contribution is 8.01. The fourth-order valence-corrected chi connectivity index (χ4v) is 4.10. The number of hydrogen-bond donors (Lipinski definition) is 1. The predicted molar refractivity (Wildman–Crippen MR) is 89.1 cm³/mol. The Labute approximate surface area is 137 Å². The molecule has 1 atom stereocenters. The van der Waals surface area contributed by atoms with Crippen molar-refractivity contribution in [2.45, 2.75) is 30.2 Å². The quantitative estimate of drug-likeness (QED) is 0.810. The summed E-state index contributed by atoms with van der Waals surface area (Å²) in [5.74, 6) is 0.949. The first-order chi connectivity index (χ1) is 10.2. The fourth-order valence-electron chi connectivity index (χ4n) is 2.05. The van der Waals surface area contributed by atoms with Gasteiger partial charge in [0, 0.05) is 23.1 Å². The van der Waals surface area contributed by atoms with E-state index in [1.54, 1.807) is 23.1 Å². The molecule has 1 aromatic carbocycles. The maximum atomic E-state index is 6.12. The minimum absolute atomic E-state index is 0.367. The van der Waals surface area contributed by atoms with E-state index >= 15 is 0 Å². The Kier molecular flexibility index (Phi) is 5.00. The molecule has 0 radical (unpaired) electrons. The van der Waals surface area contributed by atoms with Crippen molar-refractivity contribution in [1.82, 2.24) is 10.2 Å². The Balaban J connectivity index is 1.57. The molecule has 0 saturated carbocycles. The molecule has 0 spiro atoms. The fraction of sp³-hybridized carbons (Fsp3) is 0.429. The van der Waals surface area contributed by atoms with Gasteiger partial charge in [-0.15, -0.1) is 10.2 Å². The molecule has 1 N–H and O–H groups in total. The van der Waals surface area contributed by atoms with Crippen molar-refractivity contribution in [2.75, 3.05) is 17.7 Å². The molecule has 4 nitrogen and oxygen atoms in total. The summed E-state index contributed by atoms with van der Waals surface area (Å²) in [6.45, 7) is 2.87. The summed E-state index contributed by atoms with van der Waals surface area (Å²) in [6, 6.07) is 5.87. The number of halogens is 1. The molecule has 0 bridgehead atoms. The zero-order valence-corrected chi connectivity index (χ0v) is 14.0. The lowest BCUT2D eigenvalue weighted by molar-refractivity contribution is 0.129. The van der Waals surface area contributed by atoms with Crippen molar-refractivity contribution >= 4 is 45.5 Å². The van der Waals surface area contributed by atoms with E-state index in [0.29, 0.717) is 6.10 Å². The van der Waals surface area contributed by atoms with Gasteiger partial charge in [-0.25, -0.2) is 0 Å². The zero-order chi connectivity index (χ0) is 14.7. The van der Waals surface area contributed by atoms with E-state index in [2.05, 4.69) is 15.5 Å². The van der Waals surface area contributed by atoms with E-state index < -0.39 is 0 Å². The number of nitrogens with one attached hydrogen (secondary N) is 1. The molecule has 1 aliphatic rings. The van der Waals surface area contributed by atoms with Gasteiger partial charge in [-0.05, 0) is 37.5 Å². The minimum atomic E-state index is 0.367. The number of hydrogen-bond acceptors (Lipinski definition) is 6. The summed E-state index contributed by atoms with van der Waals surface area (Å²) in [5.41, 5.74) is 1.99. The van der Waals surface area contributed by atoms with E-state index in [1.165, 1.54) is 6.42 Å².